The van der Waals surface area contributed by atoms with E-state index in [0.717, 1.165) is 5.82 Å². The lowest BCUT2D eigenvalue weighted by molar-refractivity contribution is 0.887. The van der Waals surface area contributed by atoms with Crippen LogP contribution in [0.2, 0.25) is 0 Å². The van der Waals surface area contributed by atoms with Crippen molar-refractivity contribution in [3.05, 3.63) is 12.4 Å². The molecule has 0 aliphatic carbocycles. The Morgan fingerprint density at radius 3 is 2.73 bits per heavy atom. The van der Waals surface area contributed by atoms with Gasteiger partial charge in [-0.1, -0.05) is 0 Å². The number of aromatic nitrogens is 2. The van der Waals surface area contributed by atoms with E-state index in [1.54, 1.807) is 6.07 Å². The summed E-state index contributed by atoms with van der Waals surface area (Å²) in [5, 5.41) is 3.11. The lowest BCUT2D eigenvalue weighted by Gasteiger charge is -2.07. The molecule has 1 heterocycles. The maximum atomic E-state index is 5.44. The average Bonchev–Trinajstić information content (AvgIpc) is 1.85. The fraction of sp³-hybridized carbons (Fsp3) is 0.429. The highest BCUT2D eigenvalue weighted by Crippen LogP contribution is 2.05. The molecule has 0 bridgehead atoms. The molecule has 0 aliphatic heterocycles. The van der Waals surface area contributed by atoms with Crippen LogP contribution in [0.1, 0.15) is 13.8 Å². The molecule has 11 heavy (non-hydrogen) atoms. The van der Waals surface area contributed by atoms with Crippen molar-refractivity contribution < 1.29 is 0 Å². The van der Waals surface area contributed by atoms with E-state index in [4.69, 9.17) is 5.73 Å². The Morgan fingerprint density at radius 1 is 1.45 bits per heavy atom. The first kappa shape index (κ1) is 7.78. The van der Waals surface area contributed by atoms with Crippen molar-refractivity contribution in [2.24, 2.45) is 0 Å². The number of nitrogens with one attached hydrogen (secondary N) is 1. The Bertz CT molecular complexity index is 234. The summed E-state index contributed by atoms with van der Waals surface area (Å²) < 4.78 is 0. The van der Waals surface area contributed by atoms with Crippen molar-refractivity contribution in [1.29, 1.82) is 0 Å². The van der Waals surface area contributed by atoms with Gasteiger partial charge in [-0.05, 0) is 13.8 Å². The summed E-state index contributed by atoms with van der Waals surface area (Å²) in [5.74, 6) is 1.26. The van der Waals surface area contributed by atoms with Crippen molar-refractivity contribution in [2.75, 3.05) is 11.1 Å². The highest BCUT2D eigenvalue weighted by molar-refractivity contribution is 5.43. The quantitative estimate of drug-likeness (QED) is 0.660. The van der Waals surface area contributed by atoms with E-state index in [1.165, 1.54) is 6.33 Å². The number of rotatable bonds is 2. The molecule has 0 aromatic carbocycles. The average molecular weight is 152 g/mol. The summed E-state index contributed by atoms with van der Waals surface area (Å²) in [6, 6.07) is 2.07. The zero-order valence-electron chi connectivity index (χ0n) is 6.70. The van der Waals surface area contributed by atoms with Gasteiger partial charge in [-0.3, -0.25) is 0 Å². The lowest BCUT2D eigenvalue weighted by Crippen LogP contribution is -2.11. The van der Waals surface area contributed by atoms with E-state index < -0.39 is 0 Å². The molecule has 4 heteroatoms. The minimum atomic E-state index is 0.365. The van der Waals surface area contributed by atoms with Gasteiger partial charge in [-0.15, -0.1) is 0 Å². The molecule has 0 fully saturated rings. The Balaban J connectivity index is 2.71. The first-order valence-corrected chi connectivity index (χ1v) is 3.52. The van der Waals surface area contributed by atoms with Crippen LogP contribution in [0.15, 0.2) is 12.4 Å². The molecular formula is C7H12N4. The van der Waals surface area contributed by atoms with E-state index in [9.17, 15) is 0 Å². The molecule has 0 amide bonds. The van der Waals surface area contributed by atoms with Gasteiger partial charge in [-0.25, -0.2) is 9.97 Å². The van der Waals surface area contributed by atoms with E-state index in [1.807, 2.05) is 13.8 Å². The molecule has 0 atom stereocenters. The van der Waals surface area contributed by atoms with E-state index in [-0.39, 0.29) is 0 Å². The van der Waals surface area contributed by atoms with Gasteiger partial charge in [-0.2, -0.15) is 0 Å². The van der Waals surface area contributed by atoms with Crippen molar-refractivity contribution in [3.8, 4) is 0 Å². The lowest BCUT2D eigenvalue weighted by atomic mass is 10.4. The van der Waals surface area contributed by atoms with Crippen LogP contribution in [-0.2, 0) is 0 Å². The van der Waals surface area contributed by atoms with Crippen LogP contribution in [0, 0.1) is 0 Å². The number of nitrogen functional groups attached to an aromatic ring is 1. The molecule has 0 unspecified atom stereocenters. The van der Waals surface area contributed by atoms with E-state index >= 15 is 0 Å². The molecule has 0 saturated heterocycles. The molecule has 0 spiro atoms. The Labute approximate surface area is 65.9 Å². The monoisotopic (exact) mass is 152 g/mol. The van der Waals surface area contributed by atoms with Crippen LogP contribution in [0.25, 0.3) is 0 Å². The third-order valence-corrected chi connectivity index (χ3v) is 1.12. The fourth-order valence-electron chi connectivity index (χ4n) is 0.747. The van der Waals surface area contributed by atoms with Gasteiger partial charge >= 0.3 is 0 Å². The van der Waals surface area contributed by atoms with Gasteiger partial charge in [0.2, 0.25) is 0 Å². The third kappa shape index (κ3) is 2.41. The van der Waals surface area contributed by atoms with Crippen LogP contribution in [-0.4, -0.2) is 16.0 Å². The van der Waals surface area contributed by atoms with Crippen LogP contribution in [0.3, 0.4) is 0 Å². The summed E-state index contributed by atoms with van der Waals surface area (Å²) in [6.45, 7) is 4.08. The van der Waals surface area contributed by atoms with E-state index in [0.29, 0.717) is 11.9 Å². The first-order valence-electron chi connectivity index (χ1n) is 3.52. The first-order chi connectivity index (χ1) is 5.18. The third-order valence-electron chi connectivity index (χ3n) is 1.12. The van der Waals surface area contributed by atoms with Crippen LogP contribution in [0.4, 0.5) is 11.6 Å². The summed E-state index contributed by atoms with van der Waals surface area (Å²) in [5.41, 5.74) is 5.44. The Kier molecular flexibility index (Phi) is 2.25. The molecular weight excluding hydrogens is 140 g/mol. The minimum Gasteiger partial charge on any atom is -0.384 e. The van der Waals surface area contributed by atoms with Crippen molar-refractivity contribution in [2.45, 2.75) is 19.9 Å². The summed E-state index contributed by atoms with van der Waals surface area (Å²) in [7, 11) is 0. The Morgan fingerprint density at radius 2 is 2.18 bits per heavy atom. The van der Waals surface area contributed by atoms with Gasteiger partial charge in [0, 0.05) is 12.1 Å². The molecule has 1 aromatic rings. The van der Waals surface area contributed by atoms with Crippen molar-refractivity contribution in [3.63, 3.8) is 0 Å². The van der Waals surface area contributed by atoms with Crippen molar-refractivity contribution in [1.82, 2.24) is 9.97 Å². The van der Waals surface area contributed by atoms with Gasteiger partial charge in [0.15, 0.2) is 0 Å². The molecule has 1 aromatic heterocycles. The predicted octanol–water partition coefficient (Wildman–Crippen LogP) is 0.879. The van der Waals surface area contributed by atoms with Gasteiger partial charge in [0.25, 0.3) is 0 Å². The molecule has 0 saturated carbocycles. The number of hydrogen-bond acceptors (Lipinski definition) is 4. The summed E-state index contributed by atoms with van der Waals surface area (Å²) >= 11 is 0. The van der Waals surface area contributed by atoms with Gasteiger partial charge in [0.05, 0.1) is 0 Å². The van der Waals surface area contributed by atoms with Crippen molar-refractivity contribution >= 4 is 11.6 Å². The molecule has 60 valence electrons. The zero-order chi connectivity index (χ0) is 8.27. The highest BCUT2D eigenvalue weighted by Gasteiger charge is 1.95. The summed E-state index contributed by atoms with van der Waals surface area (Å²) in [6.07, 6.45) is 1.44. The molecule has 0 aliphatic rings. The van der Waals surface area contributed by atoms with Crippen LogP contribution < -0.4 is 11.1 Å². The van der Waals surface area contributed by atoms with Gasteiger partial charge < -0.3 is 11.1 Å². The topological polar surface area (TPSA) is 63.8 Å². The number of anilines is 2. The smallest absolute Gasteiger partial charge is 0.131 e. The standard InChI is InChI=1S/C7H12N4/c1-5(2)11-7-3-6(8)9-4-10-7/h3-5H,1-2H3,(H3,8,9,10,11). The minimum absolute atomic E-state index is 0.365. The molecule has 0 radical (unpaired) electrons. The van der Waals surface area contributed by atoms with Gasteiger partial charge in [0.1, 0.15) is 18.0 Å². The summed E-state index contributed by atoms with van der Waals surface area (Å²) in [4.78, 5) is 7.75. The number of nitrogens with zero attached hydrogens (tertiary/aromatic N) is 2. The maximum absolute atomic E-state index is 5.44. The highest BCUT2D eigenvalue weighted by atomic mass is 15.0. The molecule has 4 nitrogen and oxygen atoms in total. The second-order valence-electron chi connectivity index (χ2n) is 2.63. The largest absolute Gasteiger partial charge is 0.384 e. The predicted molar refractivity (Wildman–Crippen MR) is 45.2 cm³/mol. The SMILES string of the molecule is CC(C)Nc1cc(N)ncn1. The molecule has 3 N–H and O–H groups in total. The Hall–Kier alpha value is -1.32. The molecule has 1 rings (SSSR count). The maximum Gasteiger partial charge on any atom is 0.131 e. The number of nitrogens with two attached hydrogens (primary N) is 1. The fourth-order valence-corrected chi connectivity index (χ4v) is 0.747. The van der Waals surface area contributed by atoms with Crippen LogP contribution in [0.5, 0.6) is 0 Å². The zero-order valence-corrected chi connectivity index (χ0v) is 6.70. The normalized spacial score (nSPS) is 10.1. The second kappa shape index (κ2) is 3.18. The van der Waals surface area contributed by atoms with E-state index in [2.05, 4.69) is 15.3 Å². The second-order valence-corrected chi connectivity index (χ2v) is 2.63. The van der Waals surface area contributed by atoms with Crippen LogP contribution >= 0.6 is 0 Å². The number of hydrogen-bond donors (Lipinski definition) is 2.